The molecule has 3 nitrogen and oxygen atoms in total. The van der Waals surface area contributed by atoms with Gasteiger partial charge in [0.2, 0.25) is 5.88 Å². The fourth-order valence-corrected chi connectivity index (χ4v) is 3.41. The molecule has 0 radical (unpaired) electrons. The Morgan fingerprint density at radius 3 is 2.38 bits per heavy atom. The maximum absolute atomic E-state index is 14.0. The molecule has 1 heterocycles. The quantitative estimate of drug-likeness (QED) is 0.626. The van der Waals surface area contributed by atoms with Crippen LogP contribution >= 0.6 is 31.9 Å². The number of halogens is 3. The van der Waals surface area contributed by atoms with Gasteiger partial charge in [0.05, 0.1) is 5.56 Å². The predicted molar refractivity (Wildman–Crippen MR) is 87.1 cm³/mol. The van der Waals surface area contributed by atoms with Crippen LogP contribution in [0, 0.1) is 5.82 Å². The van der Waals surface area contributed by atoms with Crippen molar-refractivity contribution in [2.45, 2.75) is 0 Å². The Hall–Kier alpha value is -1.66. The molecular formula is C15H9Br2FN2O. The predicted octanol–water partition coefficient (Wildman–Crippen LogP) is 5.25. The van der Waals surface area contributed by atoms with Crippen LogP contribution < -0.4 is 5.73 Å². The van der Waals surface area contributed by atoms with E-state index in [1.165, 1.54) is 6.07 Å². The van der Waals surface area contributed by atoms with Gasteiger partial charge in [-0.05, 0) is 24.3 Å². The molecule has 0 aliphatic heterocycles. The standard InChI is InChI=1S/C15H9Br2FN2O/c16-9-5-8(6-10(17)7-9)14-13(15(19)21-20-14)11-3-1-2-4-12(11)18/h1-7H,19H2. The van der Waals surface area contributed by atoms with Crippen LogP contribution in [0.15, 0.2) is 55.9 Å². The number of rotatable bonds is 2. The number of aromatic nitrogens is 1. The molecule has 0 saturated heterocycles. The summed E-state index contributed by atoms with van der Waals surface area (Å²) in [5.74, 6) is -0.283. The van der Waals surface area contributed by atoms with E-state index >= 15 is 0 Å². The molecule has 21 heavy (non-hydrogen) atoms. The molecule has 0 spiro atoms. The topological polar surface area (TPSA) is 52.0 Å². The number of hydrogen-bond donors (Lipinski definition) is 1. The van der Waals surface area contributed by atoms with Crippen molar-refractivity contribution in [3.05, 3.63) is 57.2 Å². The van der Waals surface area contributed by atoms with Gasteiger partial charge in [-0.15, -0.1) is 0 Å². The summed E-state index contributed by atoms with van der Waals surface area (Å²) in [6.45, 7) is 0. The lowest BCUT2D eigenvalue weighted by atomic mass is 10.0. The molecule has 2 N–H and O–H groups in total. The largest absolute Gasteiger partial charge is 0.367 e. The minimum absolute atomic E-state index is 0.0891. The molecule has 3 rings (SSSR count). The normalized spacial score (nSPS) is 10.8. The highest BCUT2D eigenvalue weighted by atomic mass is 79.9. The van der Waals surface area contributed by atoms with Crippen molar-refractivity contribution in [3.8, 4) is 22.4 Å². The van der Waals surface area contributed by atoms with Crippen LogP contribution in [0.2, 0.25) is 0 Å². The molecule has 6 heteroatoms. The molecule has 0 aliphatic carbocycles. The van der Waals surface area contributed by atoms with E-state index in [0.717, 1.165) is 14.5 Å². The number of hydrogen-bond acceptors (Lipinski definition) is 3. The zero-order chi connectivity index (χ0) is 15.0. The molecule has 106 valence electrons. The number of anilines is 1. The van der Waals surface area contributed by atoms with Gasteiger partial charge in [0.15, 0.2) is 0 Å². The zero-order valence-electron chi connectivity index (χ0n) is 10.6. The summed E-state index contributed by atoms with van der Waals surface area (Å²) in [6.07, 6.45) is 0. The summed E-state index contributed by atoms with van der Waals surface area (Å²) in [5, 5.41) is 3.98. The first-order valence-corrected chi connectivity index (χ1v) is 7.61. The van der Waals surface area contributed by atoms with E-state index in [4.69, 9.17) is 10.3 Å². The van der Waals surface area contributed by atoms with Crippen LogP contribution in [0.1, 0.15) is 0 Å². The Kier molecular flexibility index (Phi) is 3.82. The summed E-state index contributed by atoms with van der Waals surface area (Å²) < 4.78 is 20.9. The molecule has 0 unspecified atom stereocenters. The molecule has 0 amide bonds. The molecule has 0 bridgehead atoms. The lowest BCUT2D eigenvalue weighted by Gasteiger charge is -2.05. The first-order chi connectivity index (χ1) is 10.1. The van der Waals surface area contributed by atoms with E-state index in [-0.39, 0.29) is 11.7 Å². The fourth-order valence-electron chi connectivity index (χ4n) is 2.11. The highest BCUT2D eigenvalue weighted by molar-refractivity contribution is 9.11. The highest BCUT2D eigenvalue weighted by Gasteiger charge is 2.20. The van der Waals surface area contributed by atoms with Gasteiger partial charge in [0.25, 0.3) is 0 Å². The van der Waals surface area contributed by atoms with E-state index in [0.29, 0.717) is 16.8 Å². The maximum Gasteiger partial charge on any atom is 0.230 e. The van der Waals surface area contributed by atoms with Gasteiger partial charge in [-0.2, -0.15) is 0 Å². The number of benzene rings is 2. The minimum atomic E-state index is -0.372. The molecule has 2 aromatic carbocycles. The lowest BCUT2D eigenvalue weighted by Crippen LogP contribution is -1.90. The van der Waals surface area contributed by atoms with Gasteiger partial charge < -0.3 is 10.3 Å². The lowest BCUT2D eigenvalue weighted by molar-refractivity contribution is 0.439. The monoisotopic (exact) mass is 410 g/mol. The molecule has 0 atom stereocenters. The molecule has 3 aromatic rings. The first kappa shape index (κ1) is 14.3. The second-order valence-electron chi connectivity index (χ2n) is 4.41. The Labute approximate surface area is 137 Å². The van der Waals surface area contributed by atoms with Gasteiger partial charge in [0, 0.05) is 20.1 Å². The van der Waals surface area contributed by atoms with Crippen LogP contribution in [0.25, 0.3) is 22.4 Å². The molecule has 0 saturated carbocycles. The van der Waals surface area contributed by atoms with Crippen molar-refractivity contribution in [1.29, 1.82) is 0 Å². The van der Waals surface area contributed by atoms with Crippen molar-refractivity contribution < 1.29 is 8.91 Å². The van der Waals surface area contributed by atoms with Crippen molar-refractivity contribution in [3.63, 3.8) is 0 Å². The summed E-state index contributed by atoms with van der Waals surface area (Å²) in [5.41, 5.74) is 7.93. The maximum atomic E-state index is 14.0. The molecular weight excluding hydrogens is 403 g/mol. The van der Waals surface area contributed by atoms with E-state index < -0.39 is 0 Å². The average Bonchev–Trinajstić information content (AvgIpc) is 2.80. The molecule has 0 aliphatic rings. The van der Waals surface area contributed by atoms with Crippen LogP contribution in [0.4, 0.5) is 10.3 Å². The minimum Gasteiger partial charge on any atom is -0.367 e. The number of nitrogen functional groups attached to an aromatic ring is 1. The Morgan fingerprint density at radius 1 is 1.05 bits per heavy atom. The third kappa shape index (κ3) is 2.73. The van der Waals surface area contributed by atoms with Gasteiger partial charge in [-0.25, -0.2) is 4.39 Å². The smallest absolute Gasteiger partial charge is 0.230 e. The van der Waals surface area contributed by atoms with Crippen molar-refractivity contribution in [1.82, 2.24) is 5.16 Å². The second kappa shape index (κ2) is 5.61. The zero-order valence-corrected chi connectivity index (χ0v) is 13.8. The van der Waals surface area contributed by atoms with Crippen LogP contribution in [-0.2, 0) is 0 Å². The van der Waals surface area contributed by atoms with Crippen LogP contribution in [-0.4, -0.2) is 5.16 Å². The van der Waals surface area contributed by atoms with Gasteiger partial charge in [-0.1, -0.05) is 55.2 Å². The Balaban J connectivity index is 2.24. The number of nitrogens with two attached hydrogens (primary N) is 1. The van der Waals surface area contributed by atoms with Gasteiger partial charge in [-0.3, -0.25) is 0 Å². The summed E-state index contributed by atoms with van der Waals surface area (Å²) in [6, 6.07) is 12.0. The molecule has 0 fully saturated rings. The fraction of sp³-hybridized carbons (Fsp3) is 0. The van der Waals surface area contributed by atoms with Crippen molar-refractivity contribution in [2.75, 3.05) is 5.73 Å². The van der Waals surface area contributed by atoms with E-state index in [2.05, 4.69) is 37.0 Å². The Morgan fingerprint density at radius 2 is 1.71 bits per heavy atom. The van der Waals surface area contributed by atoms with Crippen LogP contribution in [0.3, 0.4) is 0 Å². The third-order valence-corrected chi connectivity index (χ3v) is 3.91. The SMILES string of the molecule is Nc1onc(-c2cc(Br)cc(Br)c2)c1-c1ccccc1F. The van der Waals surface area contributed by atoms with E-state index in [9.17, 15) is 4.39 Å². The highest BCUT2D eigenvalue weighted by Crippen LogP contribution is 2.38. The van der Waals surface area contributed by atoms with E-state index in [1.54, 1.807) is 18.2 Å². The average molecular weight is 412 g/mol. The van der Waals surface area contributed by atoms with Crippen molar-refractivity contribution in [2.24, 2.45) is 0 Å². The first-order valence-electron chi connectivity index (χ1n) is 6.03. The Bertz CT molecular complexity index is 797. The van der Waals surface area contributed by atoms with Crippen LogP contribution in [0.5, 0.6) is 0 Å². The summed E-state index contributed by atoms with van der Waals surface area (Å²) >= 11 is 6.84. The third-order valence-electron chi connectivity index (χ3n) is 3.00. The van der Waals surface area contributed by atoms with Gasteiger partial charge >= 0.3 is 0 Å². The molecule has 1 aromatic heterocycles. The summed E-state index contributed by atoms with van der Waals surface area (Å²) in [7, 11) is 0. The number of nitrogens with zero attached hydrogens (tertiary/aromatic N) is 1. The van der Waals surface area contributed by atoms with E-state index in [1.807, 2.05) is 18.2 Å². The van der Waals surface area contributed by atoms with Gasteiger partial charge in [0.1, 0.15) is 11.5 Å². The summed E-state index contributed by atoms with van der Waals surface area (Å²) in [4.78, 5) is 0. The second-order valence-corrected chi connectivity index (χ2v) is 6.24. The van der Waals surface area contributed by atoms with Crippen molar-refractivity contribution >= 4 is 37.7 Å².